The van der Waals surface area contributed by atoms with E-state index in [9.17, 15) is 4.79 Å². The highest BCUT2D eigenvalue weighted by Crippen LogP contribution is 2.06. The van der Waals surface area contributed by atoms with Crippen LogP contribution in [0.25, 0.3) is 0 Å². The van der Waals surface area contributed by atoms with Crippen LogP contribution in [-0.2, 0) is 11.3 Å². The molecule has 18 heavy (non-hydrogen) atoms. The number of unbranched alkanes of at least 4 members (excludes halogenated alkanes) is 1. The third kappa shape index (κ3) is 7.30. The molecule has 0 aromatic heterocycles. The van der Waals surface area contributed by atoms with Crippen molar-refractivity contribution in [2.45, 2.75) is 32.7 Å². The summed E-state index contributed by atoms with van der Waals surface area (Å²) >= 11 is 0. The highest BCUT2D eigenvalue weighted by atomic mass is 35.5. The van der Waals surface area contributed by atoms with E-state index in [0.29, 0.717) is 0 Å². The fourth-order valence-corrected chi connectivity index (χ4v) is 1.80. The lowest BCUT2D eigenvalue weighted by Gasteiger charge is -2.20. The minimum Gasteiger partial charge on any atom is -0.481 e. The third-order valence-electron chi connectivity index (χ3n) is 2.81. The first-order valence-electron chi connectivity index (χ1n) is 6.20. The number of nitrogens with zero attached hydrogens (tertiary/aromatic N) is 1. The van der Waals surface area contributed by atoms with Crippen LogP contribution in [0.5, 0.6) is 0 Å². The molecule has 1 aromatic rings. The minimum atomic E-state index is -0.698. The van der Waals surface area contributed by atoms with Gasteiger partial charge in [0.15, 0.2) is 0 Å². The molecule has 1 aromatic carbocycles. The summed E-state index contributed by atoms with van der Waals surface area (Å²) in [4.78, 5) is 12.7. The maximum Gasteiger partial charge on any atom is 0.303 e. The van der Waals surface area contributed by atoms with E-state index in [1.165, 1.54) is 5.56 Å². The number of carboxylic acid groups (broad SMARTS) is 1. The lowest BCUT2D eigenvalue weighted by Crippen LogP contribution is -2.24. The fourth-order valence-electron chi connectivity index (χ4n) is 1.80. The summed E-state index contributed by atoms with van der Waals surface area (Å²) in [7, 11) is 0. The van der Waals surface area contributed by atoms with Crippen LogP contribution in [0.3, 0.4) is 0 Å². The number of aliphatic carboxylic acids is 1. The molecular weight excluding hydrogens is 250 g/mol. The smallest absolute Gasteiger partial charge is 0.303 e. The molecule has 0 heterocycles. The van der Waals surface area contributed by atoms with E-state index in [2.05, 4.69) is 24.0 Å². The van der Waals surface area contributed by atoms with E-state index in [-0.39, 0.29) is 18.8 Å². The zero-order valence-corrected chi connectivity index (χ0v) is 11.7. The van der Waals surface area contributed by atoms with Crippen LogP contribution in [0.1, 0.15) is 31.7 Å². The standard InChI is InChI=1S/C14H21NO2.ClH/c1-2-15(11-7-6-10-14(16)17)12-13-8-4-3-5-9-13;/h3-5,8-9H,2,6-7,10-12H2,1H3,(H,16,17);1H. The highest BCUT2D eigenvalue weighted by molar-refractivity contribution is 5.85. The number of carboxylic acids is 1. The Morgan fingerprint density at radius 1 is 1.22 bits per heavy atom. The van der Waals surface area contributed by atoms with E-state index < -0.39 is 5.97 Å². The van der Waals surface area contributed by atoms with Crippen molar-refractivity contribution >= 4 is 18.4 Å². The van der Waals surface area contributed by atoms with Crippen LogP contribution < -0.4 is 0 Å². The molecule has 0 saturated carbocycles. The Hall–Kier alpha value is -1.06. The first-order valence-corrected chi connectivity index (χ1v) is 6.20. The molecule has 4 heteroatoms. The average Bonchev–Trinajstić information content (AvgIpc) is 2.34. The van der Waals surface area contributed by atoms with Gasteiger partial charge in [-0.05, 0) is 31.5 Å². The summed E-state index contributed by atoms with van der Waals surface area (Å²) in [5.41, 5.74) is 1.31. The van der Waals surface area contributed by atoms with Gasteiger partial charge in [-0.3, -0.25) is 9.69 Å². The summed E-state index contributed by atoms with van der Waals surface area (Å²) < 4.78 is 0. The molecule has 3 nitrogen and oxygen atoms in total. The number of hydrogen-bond acceptors (Lipinski definition) is 2. The molecule has 0 atom stereocenters. The second kappa shape index (κ2) is 9.92. The quantitative estimate of drug-likeness (QED) is 0.738. The minimum absolute atomic E-state index is 0. The van der Waals surface area contributed by atoms with Gasteiger partial charge < -0.3 is 5.11 Å². The summed E-state index contributed by atoms with van der Waals surface area (Å²) in [5.74, 6) is -0.698. The summed E-state index contributed by atoms with van der Waals surface area (Å²) in [6, 6.07) is 10.4. The van der Waals surface area contributed by atoms with Crippen LogP contribution in [-0.4, -0.2) is 29.1 Å². The van der Waals surface area contributed by atoms with Gasteiger partial charge in [-0.2, -0.15) is 0 Å². The zero-order valence-electron chi connectivity index (χ0n) is 10.8. The Labute approximate surface area is 115 Å². The zero-order chi connectivity index (χ0) is 12.5. The van der Waals surface area contributed by atoms with Gasteiger partial charge in [0.05, 0.1) is 0 Å². The maximum atomic E-state index is 10.4. The van der Waals surface area contributed by atoms with Gasteiger partial charge in [-0.15, -0.1) is 12.4 Å². The SMILES string of the molecule is CCN(CCCCC(=O)O)Cc1ccccc1.Cl. The summed E-state index contributed by atoms with van der Waals surface area (Å²) in [6.07, 6.45) is 2.00. The van der Waals surface area contributed by atoms with Gasteiger partial charge in [0, 0.05) is 13.0 Å². The molecule has 1 rings (SSSR count). The summed E-state index contributed by atoms with van der Waals surface area (Å²) in [5, 5.41) is 8.56. The molecule has 0 aliphatic rings. The number of halogens is 1. The van der Waals surface area contributed by atoms with E-state index in [1.54, 1.807) is 0 Å². The number of benzene rings is 1. The van der Waals surface area contributed by atoms with E-state index in [0.717, 1.165) is 32.5 Å². The molecule has 0 bridgehead atoms. The van der Waals surface area contributed by atoms with Gasteiger partial charge >= 0.3 is 5.97 Å². The van der Waals surface area contributed by atoms with E-state index in [4.69, 9.17) is 5.11 Å². The van der Waals surface area contributed by atoms with Crippen LogP contribution in [0.2, 0.25) is 0 Å². The fraction of sp³-hybridized carbons (Fsp3) is 0.500. The first-order chi connectivity index (χ1) is 8.22. The van der Waals surface area contributed by atoms with Crippen LogP contribution in [0, 0.1) is 0 Å². The predicted octanol–water partition coefficient (Wildman–Crippen LogP) is 3.19. The second-order valence-corrected chi connectivity index (χ2v) is 4.21. The molecule has 0 saturated heterocycles. The topological polar surface area (TPSA) is 40.5 Å². The van der Waals surface area contributed by atoms with Gasteiger partial charge in [0.1, 0.15) is 0 Å². The van der Waals surface area contributed by atoms with Gasteiger partial charge in [0.2, 0.25) is 0 Å². The van der Waals surface area contributed by atoms with Crippen molar-refractivity contribution in [2.75, 3.05) is 13.1 Å². The summed E-state index contributed by atoms with van der Waals surface area (Å²) in [6.45, 7) is 5.06. The van der Waals surface area contributed by atoms with Crippen molar-refractivity contribution in [2.24, 2.45) is 0 Å². The lowest BCUT2D eigenvalue weighted by molar-refractivity contribution is -0.137. The van der Waals surface area contributed by atoms with Crippen LogP contribution in [0.15, 0.2) is 30.3 Å². The molecule has 0 aliphatic heterocycles. The second-order valence-electron chi connectivity index (χ2n) is 4.21. The normalized spacial score (nSPS) is 10.1. The molecule has 0 spiro atoms. The van der Waals surface area contributed by atoms with Crippen molar-refractivity contribution in [1.82, 2.24) is 4.90 Å². The number of rotatable bonds is 8. The Morgan fingerprint density at radius 2 is 1.89 bits per heavy atom. The molecule has 0 aliphatic carbocycles. The number of hydrogen-bond donors (Lipinski definition) is 1. The lowest BCUT2D eigenvalue weighted by atomic mass is 10.2. The molecular formula is C14H22ClNO2. The average molecular weight is 272 g/mol. The van der Waals surface area contributed by atoms with Gasteiger partial charge in [-0.1, -0.05) is 37.3 Å². The van der Waals surface area contributed by atoms with Crippen molar-refractivity contribution in [3.8, 4) is 0 Å². The van der Waals surface area contributed by atoms with Crippen LogP contribution >= 0.6 is 12.4 Å². The molecule has 0 fully saturated rings. The Kier molecular flexibility index (Phi) is 9.33. The van der Waals surface area contributed by atoms with Crippen molar-refractivity contribution < 1.29 is 9.90 Å². The first kappa shape index (κ1) is 16.9. The number of carbonyl (C=O) groups is 1. The molecule has 102 valence electrons. The molecule has 0 amide bonds. The third-order valence-corrected chi connectivity index (χ3v) is 2.81. The molecule has 1 N–H and O–H groups in total. The monoisotopic (exact) mass is 271 g/mol. The van der Waals surface area contributed by atoms with Gasteiger partial charge in [0.25, 0.3) is 0 Å². The van der Waals surface area contributed by atoms with Crippen molar-refractivity contribution in [3.63, 3.8) is 0 Å². The van der Waals surface area contributed by atoms with Crippen molar-refractivity contribution in [1.29, 1.82) is 0 Å². The van der Waals surface area contributed by atoms with Crippen LogP contribution in [0.4, 0.5) is 0 Å². The highest BCUT2D eigenvalue weighted by Gasteiger charge is 2.04. The Morgan fingerprint density at radius 3 is 2.44 bits per heavy atom. The maximum absolute atomic E-state index is 10.4. The Balaban J connectivity index is 0.00000289. The molecule has 0 radical (unpaired) electrons. The Bertz CT molecular complexity index is 330. The predicted molar refractivity (Wildman–Crippen MR) is 76.1 cm³/mol. The molecule has 0 unspecified atom stereocenters. The van der Waals surface area contributed by atoms with Gasteiger partial charge in [-0.25, -0.2) is 0 Å². The van der Waals surface area contributed by atoms with E-state index >= 15 is 0 Å². The largest absolute Gasteiger partial charge is 0.481 e. The van der Waals surface area contributed by atoms with Crippen molar-refractivity contribution in [3.05, 3.63) is 35.9 Å². The van der Waals surface area contributed by atoms with E-state index in [1.807, 2.05) is 18.2 Å².